The van der Waals surface area contributed by atoms with Crippen LogP contribution in [0, 0.1) is 0 Å². The average Bonchev–Trinajstić information content (AvgIpc) is 2.17. The van der Waals surface area contributed by atoms with Gasteiger partial charge in [-0.2, -0.15) is 0 Å². The molecule has 0 radical (unpaired) electrons. The summed E-state index contributed by atoms with van der Waals surface area (Å²) in [5.41, 5.74) is 0.803. The van der Waals surface area contributed by atoms with Gasteiger partial charge in [0, 0.05) is 16.5 Å². The molecule has 0 aliphatic heterocycles. The van der Waals surface area contributed by atoms with E-state index in [2.05, 4.69) is 4.98 Å². The summed E-state index contributed by atoms with van der Waals surface area (Å²) in [7, 11) is 0. The molecule has 0 bridgehead atoms. The van der Waals surface area contributed by atoms with E-state index in [1.807, 2.05) is 24.3 Å². The number of nitrogens with zero attached hydrogens (tertiary/aromatic N) is 1. The Bertz CT molecular complexity index is 475. The van der Waals surface area contributed by atoms with Crippen LogP contribution in [0.3, 0.4) is 0 Å². The molecule has 66 valence electrons. The average molecular weight is 199 g/mol. The molecule has 0 spiro atoms. The zero-order valence-corrected chi connectivity index (χ0v) is 8.45. The van der Waals surface area contributed by atoms with Crippen LogP contribution in [0.5, 0.6) is 0 Å². The third-order valence-electron chi connectivity index (χ3n) is 1.76. The summed E-state index contributed by atoms with van der Waals surface area (Å²) in [6, 6.07) is 8.99. The minimum atomic E-state index is -2.20. The van der Waals surface area contributed by atoms with Crippen molar-refractivity contribution < 1.29 is 27.6 Å². The molecular formula is C9H6LiNO2S. The number of rotatable bonds is 1. The van der Waals surface area contributed by atoms with E-state index >= 15 is 0 Å². The van der Waals surface area contributed by atoms with Crippen molar-refractivity contribution in [1.29, 1.82) is 0 Å². The van der Waals surface area contributed by atoms with Crippen molar-refractivity contribution in [3.63, 3.8) is 0 Å². The van der Waals surface area contributed by atoms with Gasteiger partial charge in [0.05, 0.1) is 5.52 Å². The van der Waals surface area contributed by atoms with Crippen molar-refractivity contribution in [3.05, 3.63) is 36.5 Å². The van der Waals surface area contributed by atoms with Crippen molar-refractivity contribution >= 4 is 22.0 Å². The number of hydrogen-bond acceptors (Lipinski definition) is 3. The molecule has 0 saturated heterocycles. The maximum atomic E-state index is 10.6. The molecule has 1 aromatic heterocycles. The third kappa shape index (κ3) is 2.22. The monoisotopic (exact) mass is 199 g/mol. The van der Waals surface area contributed by atoms with E-state index in [1.165, 1.54) is 6.20 Å². The molecular weight excluding hydrogens is 193 g/mol. The largest absolute Gasteiger partial charge is 1.00 e. The Kier molecular flexibility index (Phi) is 3.84. The van der Waals surface area contributed by atoms with Gasteiger partial charge < -0.3 is 4.55 Å². The first-order valence-corrected chi connectivity index (χ1v) is 4.79. The first-order chi connectivity index (χ1) is 6.27. The van der Waals surface area contributed by atoms with Gasteiger partial charge in [-0.1, -0.05) is 18.2 Å². The Morgan fingerprint density at radius 1 is 1.29 bits per heavy atom. The van der Waals surface area contributed by atoms with Crippen molar-refractivity contribution in [2.75, 3.05) is 0 Å². The summed E-state index contributed by atoms with van der Waals surface area (Å²) in [5, 5.41) is 0.837. The molecule has 5 heteroatoms. The smallest absolute Gasteiger partial charge is 0.768 e. The van der Waals surface area contributed by atoms with E-state index in [9.17, 15) is 8.76 Å². The van der Waals surface area contributed by atoms with Gasteiger partial charge in [0.25, 0.3) is 0 Å². The van der Waals surface area contributed by atoms with E-state index in [1.54, 1.807) is 6.07 Å². The zero-order valence-electron chi connectivity index (χ0n) is 7.64. The Morgan fingerprint density at radius 3 is 2.71 bits per heavy atom. The minimum absolute atomic E-state index is 0. The predicted molar refractivity (Wildman–Crippen MR) is 48.9 cm³/mol. The fourth-order valence-corrected chi connectivity index (χ4v) is 1.50. The van der Waals surface area contributed by atoms with Gasteiger partial charge in [0.15, 0.2) is 0 Å². The summed E-state index contributed by atoms with van der Waals surface area (Å²) in [4.78, 5) is 4.23. The molecule has 1 atom stereocenters. The van der Waals surface area contributed by atoms with Gasteiger partial charge in [-0.15, -0.1) is 0 Å². The van der Waals surface area contributed by atoms with E-state index < -0.39 is 11.1 Å². The number of fused-ring (bicyclic) bond motifs is 1. The molecule has 14 heavy (non-hydrogen) atoms. The van der Waals surface area contributed by atoms with Crippen LogP contribution in [0.15, 0.2) is 41.4 Å². The first-order valence-electron chi connectivity index (χ1n) is 3.71. The van der Waals surface area contributed by atoms with Gasteiger partial charge >= 0.3 is 18.9 Å². The molecule has 0 N–H and O–H groups in total. The van der Waals surface area contributed by atoms with Crippen LogP contribution in [0.25, 0.3) is 10.9 Å². The summed E-state index contributed by atoms with van der Waals surface area (Å²) < 4.78 is 21.2. The molecule has 0 amide bonds. The topological polar surface area (TPSA) is 53.0 Å². The second-order valence-corrected chi connectivity index (χ2v) is 3.54. The number of pyridine rings is 1. The summed E-state index contributed by atoms with van der Waals surface area (Å²) in [5.74, 6) is 0. The van der Waals surface area contributed by atoms with E-state index in [0.717, 1.165) is 10.9 Å². The molecule has 0 aliphatic carbocycles. The molecule has 2 aromatic rings. The standard InChI is InChI=1S/C9H7NO2S.Li/c11-13(12)8-5-7-3-1-2-4-9(7)10-6-8;/h1-6H,(H,11,12);/q;+1/p-1. The van der Waals surface area contributed by atoms with E-state index in [4.69, 9.17) is 0 Å². The second-order valence-electron chi connectivity index (χ2n) is 2.60. The zero-order chi connectivity index (χ0) is 9.26. The van der Waals surface area contributed by atoms with Crippen LogP contribution in [0.2, 0.25) is 0 Å². The van der Waals surface area contributed by atoms with Crippen LogP contribution >= 0.6 is 0 Å². The Hall–Kier alpha value is -0.663. The number of aromatic nitrogens is 1. The molecule has 0 fully saturated rings. The molecule has 1 unspecified atom stereocenters. The predicted octanol–water partition coefficient (Wildman–Crippen LogP) is -1.52. The Morgan fingerprint density at radius 2 is 2.00 bits per heavy atom. The SMILES string of the molecule is O=S([O-])c1cnc2ccccc2c1.[Li+]. The van der Waals surface area contributed by atoms with Gasteiger partial charge in [0.1, 0.15) is 0 Å². The molecule has 3 nitrogen and oxygen atoms in total. The van der Waals surface area contributed by atoms with Crippen LogP contribution < -0.4 is 18.9 Å². The molecule has 0 saturated carbocycles. The maximum Gasteiger partial charge on any atom is 1.00 e. The van der Waals surface area contributed by atoms with Crippen LogP contribution in [0.1, 0.15) is 0 Å². The first kappa shape index (κ1) is 11.4. The van der Waals surface area contributed by atoms with Crippen molar-refractivity contribution in [2.45, 2.75) is 4.90 Å². The number of hydrogen-bond donors (Lipinski definition) is 0. The fourth-order valence-electron chi connectivity index (χ4n) is 1.14. The summed E-state index contributed by atoms with van der Waals surface area (Å²) in [6.45, 7) is 0. The second kappa shape index (κ2) is 4.72. The fraction of sp³-hybridized carbons (Fsp3) is 0. The van der Waals surface area contributed by atoms with Gasteiger partial charge in [-0.3, -0.25) is 9.19 Å². The molecule has 1 heterocycles. The quantitative estimate of drug-likeness (QED) is 0.414. The van der Waals surface area contributed by atoms with Crippen LogP contribution in [-0.4, -0.2) is 13.7 Å². The normalized spacial score (nSPS) is 12.1. The number of para-hydroxylation sites is 1. The van der Waals surface area contributed by atoms with E-state index in [0.29, 0.717) is 0 Å². The van der Waals surface area contributed by atoms with Gasteiger partial charge in [0.2, 0.25) is 0 Å². The van der Waals surface area contributed by atoms with Crippen molar-refractivity contribution in [3.8, 4) is 0 Å². The minimum Gasteiger partial charge on any atom is -0.768 e. The van der Waals surface area contributed by atoms with Gasteiger partial charge in [-0.25, -0.2) is 0 Å². The third-order valence-corrected chi connectivity index (χ3v) is 2.37. The van der Waals surface area contributed by atoms with E-state index in [-0.39, 0.29) is 23.8 Å². The Balaban J connectivity index is 0.000000980. The molecule has 1 aromatic carbocycles. The van der Waals surface area contributed by atoms with Crippen molar-refractivity contribution in [1.82, 2.24) is 4.98 Å². The summed E-state index contributed by atoms with van der Waals surface area (Å²) in [6.07, 6.45) is 1.35. The van der Waals surface area contributed by atoms with Crippen molar-refractivity contribution in [2.24, 2.45) is 0 Å². The van der Waals surface area contributed by atoms with Crippen LogP contribution in [-0.2, 0) is 11.1 Å². The van der Waals surface area contributed by atoms with Gasteiger partial charge in [-0.05, 0) is 23.2 Å². The molecule has 2 rings (SSSR count). The maximum absolute atomic E-state index is 10.6. The number of benzene rings is 1. The molecule has 0 aliphatic rings. The Labute approximate surface area is 96.0 Å². The van der Waals surface area contributed by atoms with Crippen LogP contribution in [0.4, 0.5) is 0 Å². The summed E-state index contributed by atoms with van der Waals surface area (Å²) >= 11 is -2.20.